The lowest BCUT2D eigenvalue weighted by molar-refractivity contribution is -0.113. The minimum absolute atomic E-state index is 0.0302. The molecule has 0 spiro atoms. The van der Waals surface area contributed by atoms with Crippen molar-refractivity contribution in [1.29, 1.82) is 0 Å². The highest BCUT2D eigenvalue weighted by molar-refractivity contribution is 7.63. The maximum atomic E-state index is 12.1. The first kappa shape index (κ1) is 24.2. The Bertz CT molecular complexity index is 1230. The lowest BCUT2D eigenvalue weighted by Crippen LogP contribution is -2.19. The lowest BCUT2D eigenvalue weighted by Gasteiger charge is -2.13. The van der Waals surface area contributed by atoms with Crippen LogP contribution in [0.5, 0.6) is 0 Å². The number of hydrogen-bond donors (Lipinski definition) is 4. The molecule has 2 amide bonds. The van der Waals surface area contributed by atoms with Crippen molar-refractivity contribution in [2.24, 2.45) is 0 Å². The van der Waals surface area contributed by atoms with Crippen LogP contribution in [0.25, 0.3) is 0 Å². The summed E-state index contributed by atoms with van der Waals surface area (Å²) in [5.41, 5.74) is 2.15. The third-order valence-corrected chi connectivity index (χ3v) is 5.65. The SMILES string of the molecule is CNC(=O)c1ccccc1Nc1nc(Nc2cccc(NC(=O)CP(C)(C)=O)c2)ncc1Cl. The third-order valence-electron chi connectivity index (χ3n) is 4.32. The Balaban J connectivity index is 1.78. The zero-order valence-electron chi connectivity index (χ0n) is 18.3. The fourth-order valence-corrected chi connectivity index (χ4v) is 3.83. The number of amides is 2. The van der Waals surface area contributed by atoms with E-state index in [4.69, 9.17) is 11.6 Å². The van der Waals surface area contributed by atoms with Gasteiger partial charge in [0.1, 0.15) is 5.02 Å². The van der Waals surface area contributed by atoms with Crippen molar-refractivity contribution in [3.8, 4) is 0 Å². The van der Waals surface area contributed by atoms with Gasteiger partial charge in [-0.05, 0) is 43.7 Å². The number of halogens is 1. The lowest BCUT2D eigenvalue weighted by atomic mass is 10.1. The first-order valence-electron chi connectivity index (χ1n) is 9.96. The summed E-state index contributed by atoms with van der Waals surface area (Å²) < 4.78 is 11.9. The molecular weight excluding hydrogens is 463 g/mol. The van der Waals surface area contributed by atoms with E-state index in [0.29, 0.717) is 28.4 Å². The zero-order valence-corrected chi connectivity index (χ0v) is 20.0. The van der Waals surface area contributed by atoms with E-state index in [1.165, 1.54) is 6.20 Å². The molecule has 0 atom stereocenters. The van der Waals surface area contributed by atoms with E-state index >= 15 is 0 Å². The molecule has 0 radical (unpaired) electrons. The fourth-order valence-electron chi connectivity index (χ4n) is 2.92. The molecule has 0 saturated carbocycles. The zero-order chi connectivity index (χ0) is 24.0. The monoisotopic (exact) mass is 486 g/mol. The number of benzene rings is 2. The fraction of sp³-hybridized carbons (Fsp3) is 0.182. The summed E-state index contributed by atoms with van der Waals surface area (Å²) in [7, 11) is -0.915. The molecule has 0 fully saturated rings. The molecule has 0 bridgehead atoms. The molecular formula is C22H24ClN6O3P. The molecule has 1 aromatic heterocycles. The van der Waals surface area contributed by atoms with E-state index in [1.54, 1.807) is 68.9 Å². The second kappa shape index (κ2) is 10.5. The van der Waals surface area contributed by atoms with E-state index in [-0.39, 0.29) is 28.9 Å². The molecule has 0 aliphatic carbocycles. The molecule has 0 aliphatic heterocycles. The van der Waals surface area contributed by atoms with Gasteiger partial charge in [-0.1, -0.05) is 29.8 Å². The largest absolute Gasteiger partial charge is 0.355 e. The highest BCUT2D eigenvalue weighted by Gasteiger charge is 2.15. The maximum Gasteiger partial charge on any atom is 0.253 e. The predicted molar refractivity (Wildman–Crippen MR) is 133 cm³/mol. The summed E-state index contributed by atoms with van der Waals surface area (Å²) >= 11 is 6.26. The number of aromatic nitrogens is 2. The van der Waals surface area contributed by atoms with Crippen molar-refractivity contribution in [3.05, 3.63) is 65.3 Å². The number of rotatable bonds is 8. The first-order valence-corrected chi connectivity index (χ1v) is 13.1. The molecule has 11 heteroatoms. The van der Waals surface area contributed by atoms with Gasteiger partial charge in [0.05, 0.1) is 30.8 Å². The van der Waals surface area contributed by atoms with Crippen LogP contribution in [0.15, 0.2) is 54.7 Å². The smallest absolute Gasteiger partial charge is 0.253 e. The number of carbonyl (C=O) groups excluding carboxylic acids is 2. The number of nitrogens with zero attached hydrogens (tertiary/aromatic N) is 2. The van der Waals surface area contributed by atoms with E-state index in [0.717, 1.165) is 0 Å². The first-order chi connectivity index (χ1) is 15.6. The summed E-state index contributed by atoms with van der Waals surface area (Å²) in [5.74, 6) is 0.0125. The molecule has 4 N–H and O–H groups in total. The van der Waals surface area contributed by atoms with Gasteiger partial charge in [0.15, 0.2) is 5.82 Å². The van der Waals surface area contributed by atoms with Crippen molar-refractivity contribution in [2.75, 3.05) is 42.5 Å². The van der Waals surface area contributed by atoms with Crippen molar-refractivity contribution in [2.45, 2.75) is 0 Å². The van der Waals surface area contributed by atoms with Gasteiger partial charge < -0.3 is 25.8 Å². The highest BCUT2D eigenvalue weighted by atomic mass is 35.5. The van der Waals surface area contributed by atoms with Gasteiger partial charge in [-0.3, -0.25) is 9.59 Å². The molecule has 9 nitrogen and oxygen atoms in total. The summed E-state index contributed by atoms with van der Waals surface area (Å²) in [5, 5.41) is 11.7. The number of hydrogen-bond acceptors (Lipinski definition) is 7. The van der Waals surface area contributed by atoms with Gasteiger partial charge >= 0.3 is 0 Å². The van der Waals surface area contributed by atoms with Crippen LogP contribution in [-0.4, -0.2) is 48.3 Å². The molecule has 33 heavy (non-hydrogen) atoms. The minimum atomic E-state index is -2.47. The van der Waals surface area contributed by atoms with Crippen LogP contribution >= 0.6 is 18.7 Å². The van der Waals surface area contributed by atoms with Crippen LogP contribution in [0, 0.1) is 0 Å². The number of anilines is 5. The van der Waals surface area contributed by atoms with Gasteiger partial charge in [-0.25, -0.2) is 4.98 Å². The van der Waals surface area contributed by atoms with Gasteiger partial charge in [-0.2, -0.15) is 4.98 Å². The molecule has 3 aromatic rings. The third kappa shape index (κ3) is 7.03. The summed E-state index contributed by atoms with van der Waals surface area (Å²) in [6.07, 6.45) is 1.41. The normalized spacial score (nSPS) is 10.9. The summed E-state index contributed by atoms with van der Waals surface area (Å²) in [4.78, 5) is 32.8. The Morgan fingerprint density at radius 1 is 1.03 bits per heavy atom. The van der Waals surface area contributed by atoms with E-state index in [9.17, 15) is 14.2 Å². The number of para-hydroxylation sites is 1. The van der Waals surface area contributed by atoms with Crippen LogP contribution in [-0.2, 0) is 9.36 Å². The predicted octanol–water partition coefficient (Wildman–Crippen LogP) is 4.54. The molecule has 1 heterocycles. The standard InChI is InChI=1S/C22H24ClN6O3P/c1-24-21(31)16-9-4-5-10-18(16)28-20-17(23)12-25-22(29-20)27-15-8-6-7-14(11-15)26-19(30)13-33(2,3)32/h4-12H,13H2,1-3H3,(H,24,31)(H,26,30)(H2,25,27,28,29). The second-order valence-electron chi connectivity index (χ2n) is 7.63. The molecule has 2 aromatic carbocycles. The van der Waals surface area contributed by atoms with Crippen LogP contribution in [0.4, 0.5) is 28.8 Å². The molecule has 0 unspecified atom stereocenters. The van der Waals surface area contributed by atoms with Crippen molar-refractivity contribution in [3.63, 3.8) is 0 Å². The Morgan fingerprint density at radius 2 is 1.76 bits per heavy atom. The van der Waals surface area contributed by atoms with Gasteiger partial charge in [-0.15, -0.1) is 0 Å². The van der Waals surface area contributed by atoms with Crippen LogP contribution < -0.4 is 21.3 Å². The molecule has 0 aliphatic rings. The summed E-state index contributed by atoms with van der Waals surface area (Å²) in [6, 6.07) is 14.0. The van der Waals surface area contributed by atoms with Crippen LogP contribution in [0.1, 0.15) is 10.4 Å². The van der Waals surface area contributed by atoms with Gasteiger partial charge in [0, 0.05) is 18.4 Å². The second-order valence-corrected chi connectivity index (χ2v) is 11.5. The van der Waals surface area contributed by atoms with E-state index in [1.807, 2.05) is 0 Å². The number of nitrogens with one attached hydrogen (secondary N) is 4. The Morgan fingerprint density at radius 3 is 2.48 bits per heavy atom. The van der Waals surface area contributed by atoms with E-state index in [2.05, 4.69) is 31.2 Å². The van der Waals surface area contributed by atoms with Crippen LogP contribution in [0.2, 0.25) is 5.02 Å². The van der Waals surface area contributed by atoms with Crippen molar-refractivity contribution in [1.82, 2.24) is 15.3 Å². The molecule has 0 saturated heterocycles. The van der Waals surface area contributed by atoms with E-state index < -0.39 is 7.14 Å². The van der Waals surface area contributed by atoms with Crippen molar-refractivity contribution >= 4 is 59.4 Å². The Labute approximate surface area is 196 Å². The quantitative estimate of drug-likeness (QED) is 0.344. The number of carbonyl (C=O) groups is 2. The molecule has 172 valence electrons. The Kier molecular flexibility index (Phi) is 7.68. The van der Waals surface area contributed by atoms with Crippen molar-refractivity contribution < 1.29 is 14.2 Å². The Hall–Kier alpha value is -3.42. The average Bonchev–Trinajstić information content (AvgIpc) is 2.75. The minimum Gasteiger partial charge on any atom is -0.355 e. The topological polar surface area (TPSA) is 125 Å². The average molecular weight is 487 g/mol. The van der Waals surface area contributed by atoms with Crippen LogP contribution in [0.3, 0.4) is 0 Å². The maximum absolute atomic E-state index is 12.1. The van der Waals surface area contributed by atoms with Gasteiger partial charge in [0.25, 0.3) is 5.91 Å². The molecule has 3 rings (SSSR count). The summed E-state index contributed by atoms with van der Waals surface area (Å²) in [6.45, 7) is 3.14. The highest BCUT2D eigenvalue weighted by Crippen LogP contribution is 2.35. The van der Waals surface area contributed by atoms with Gasteiger partial charge in [0.2, 0.25) is 11.9 Å².